The van der Waals surface area contributed by atoms with Gasteiger partial charge in [-0.25, -0.2) is 0 Å². The normalized spacial score (nSPS) is 11.2. The van der Waals surface area contributed by atoms with Gasteiger partial charge in [-0.3, -0.25) is 4.79 Å². The van der Waals surface area contributed by atoms with Crippen LogP contribution in [-0.2, 0) is 22.6 Å². The zero-order valence-corrected chi connectivity index (χ0v) is 17.1. The lowest BCUT2D eigenvalue weighted by molar-refractivity contribution is -0.153. The summed E-state index contributed by atoms with van der Waals surface area (Å²) in [6.45, 7) is 6.00. The lowest BCUT2D eigenvalue weighted by Crippen LogP contribution is -2.25. The SMILES string of the molecule is CC(C)(C)OC(=O)Cc1ccccc1OCc1cc(Br)cc(Br)c1. The van der Waals surface area contributed by atoms with Crippen LogP contribution in [0.1, 0.15) is 31.9 Å². The van der Waals surface area contributed by atoms with E-state index in [0.717, 1.165) is 20.1 Å². The monoisotopic (exact) mass is 454 g/mol. The molecule has 0 spiro atoms. The van der Waals surface area contributed by atoms with Crippen molar-refractivity contribution in [2.45, 2.75) is 39.4 Å². The summed E-state index contributed by atoms with van der Waals surface area (Å²) in [5.74, 6) is 0.434. The highest BCUT2D eigenvalue weighted by molar-refractivity contribution is 9.11. The molecule has 0 fully saturated rings. The van der Waals surface area contributed by atoms with Crippen LogP contribution in [0.3, 0.4) is 0 Å². The Kier molecular flexibility index (Phi) is 6.47. The van der Waals surface area contributed by atoms with Gasteiger partial charge in [0.15, 0.2) is 0 Å². The van der Waals surface area contributed by atoms with E-state index in [-0.39, 0.29) is 12.4 Å². The van der Waals surface area contributed by atoms with Crippen LogP contribution in [0.15, 0.2) is 51.4 Å². The molecule has 0 amide bonds. The van der Waals surface area contributed by atoms with Gasteiger partial charge in [0.2, 0.25) is 0 Å². The van der Waals surface area contributed by atoms with Crippen molar-refractivity contribution < 1.29 is 14.3 Å². The van der Waals surface area contributed by atoms with Gasteiger partial charge in [-0.15, -0.1) is 0 Å². The fraction of sp³-hybridized carbons (Fsp3) is 0.316. The Balaban J connectivity index is 2.07. The second-order valence-electron chi connectivity index (χ2n) is 6.44. The number of rotatable bonds is 5. The Hall–Kier alpha value is -1.33. The molecule has 0 saturated carbocycles. The highest BCUT2D eigenvalue weighted by Crippen LogP contribution is 2.24. The fourth-order valence-corrected chi connectivity index (χ4v) is 3.57. The first-order chi connectivity index (χ1) is 11.2. The molecule has 0 aromatic heterocycles. The van der Waals surface area contributed by atoms with Crippen molar-refractivity contribution in [3.8, 4) is 5.75 Å². The first-order valence-electron chi connectivity index (χ1n) is 7.60. The maximum absolute atomic E-state index is 12.1. The molecule has 2 aromatic carbocycles. The largest absolute Gasteiger partial charge is 0.489 e. The van der Waals surface area contributed by atoms with Crippen LogP contribution in [0, 0.1) is 0 Å². The number of benzene rings is 2. The average molecular weight is 456 g/mol. The number of carbonyl (C=O) groups is 1. The van der Waals surface area contributed by atoms with E-state index in [4.69, 9.17) is 9.47 Å². The first kappa shape index (κ1) is 19.0. The van der Waals surface area contributed by atoms with Crippen LogP contribution in [0.2, 0.25) is 0 Å². The van der Waals surface area contributed by atoms with Gasteiger partial charge in [-0.2, -0.15) is 0 Å². The Labute approximate surface area is 159 Å². The topological polar surface area (TPSA) is 35.5 Å². The van der Waals surface area contributed by atoms with E-state index < -0.39 is 5.60 Å². The van der Waals surface area contributed by atoms with E-state index >= 15 is 0 Å². The molecule has 128 valence electrons. The van der Waals surface area contributed by atoms with Crippen LogP contribution < -0.4 is 4.74 Å². The molecule has 0 atom stereocenters. The fourth-order valence-electron chi connectivity index (χ4n) is 2.18. The zero-order valence-electron chi connectivity index (χ0n) is 13.9. The molecule has 0 saturated heterocycles. The number of esters is 1. The molecule has 0 unspecified atom stereocenters. The number of carbonyl (C=O) groups excluding carboxylic acids is 1. The van der Waals surface area contributed by atoms with Gasteiger partial charge in [0, 0.05) is 14.5 Å². The van der Waals surface area contributed by atoms with Crippen molar-refractivity contribution in [3.05, 3.63) is 62.5 Å². The van der Waals surface area contributed by atoms with Crippen molar-refractivity contribution in [1.29, 1.82) is 0 Å². The van der Waals surface area contributed by atoms with Gasteiger partial charge in [0.25, 0.3) is 0 Å². The molecular weight excluding hydrogens is 436 g/mol. The molecule has 0 aliphatic heterocycles. The minimum Gasteiger partial charge on any atom is -0.489 e. The first-order valence-corrected chi connectivity index (χ1v) is 9.19. The molecule has 0 heterocycles. The number of para-hydroxylation sites is 1. The highest BCUT2D eigenvalue weighted by atomic mass is 79.9. The molecule has 24 heavy (non-hydrogen) atoms. The maximum Gasteiger partial charge on any atom is 0.310 e. The van der Waals surface area contributed by atoms with Gasteiger partial charge < -0.3 is 9.47 Å². The minimum absolute atomic E-state index is 0.190. The molecule has 0 bridgehead atoms. The van der Waals surface area contributed by atoms with Crippen LogP contribution in [-0.4, -0.2) is 11.6 Å². The third-order valence-electron chi connectivity index (χ3n) is 3.04. The summed E-state index contributed by atoms with van der Waals surface area (Å²) in [6.07, 6.45) is 0.190. The van der Waals surface area contributed by atoms with Gasteiger partial charge in [-0.05, 0) is 50.6 Å². The quantitative estimate of drug-likeness (QED) is 0.544. The molecule has 2 rings (SSSR count). The summed E-state index contributed by atoms with van der Waals surface area (Å²) in [5.41, 5.74) is 1.36. The van der Waals surface area contributed by atoms with Crippen LogP contribution in [0.25, 0.3) is 0 Å². The number of ether oxygens (including phenoxy) is 2. The smallest absolute Gasteiger partial charge is 0.310 e. The highest BCUT2D eigenvalue weighted by Gasteiger charge is 2.18. The number of halogens is 2. The van der Waals surface area contributed by atoms with Crippen molar-refractivity contribution in [2.24, 2.45) is 0 Å². The van der Waals surface area contributed by atoms with Crippen LogP contribution in [0.5, 0.6) is 5.75 Å². The predicted molar refractivity (Wildman–Crippen MR) is 102 cm³/mol. The molecule has 3 nitrogen and oxygen atoms in total. The van der Waals surface area contributed by atoms with Crippen LogP contribution in [0.4, 0.5) is 0 Å². The third kappa shape index (κ3) is 6.29. The van der Waals surface area contributed by atoms with Gasteiger partial charge in [0.05, 0.1) is 6.42 Å². The molecule has 0 N–H and O–H groups in total. The number of hydrogen-bond acceptors (Lipinski definition) is 3. The van der Waals surface area contributed by atoms with Crippen LogP contribution >= 0.6 is 31.9 Å². The van der Waals surface area contributed by atoms with Crippen molar-refractivity contribution in [1.82, 2.24) is 0 Å². The summed E-state index contributed by atoms with van der Waals surface area (Å²) in [7, 11) is 0. The third-order valence-corrected chi connectivity index (χ3v) is 3.96. The van der Waals surface area contributed by atoms with E-state index in [1.165, 1.54) is 0 Å². The Morgan fingerprint density at radius 2 is 1.67 bits per heavy atom. The summed E-state index contributed by atoms with van der Waals surface area (Å²) in [6, 6.07) is 13.5. The lowest BCUT2D eigenvalue weighted by atomic mass is 10.1. The van der Waals surface area contributed by atoms with Gasteiger partial charge in [-0.1, -0.05) is 50.1 Å². The van der Waals surface area contributed by atoms with E-state index in [0.29, 0.717) is 12.4 Å². The number of hydrogen-bond donors (Lipinski definition) is 0. The molecule has 0 radical (unpaired) electrons. The summed E-state index contributed by atoms with van der Waals surface area (Å²) < 4.78 is 13.3. The molecule has 2 aromatic rings. The predicted octanol–water partition coefficient (Wildman–Crippen LogP) is 5.67. The molecule has 0 aliphatic rings. The van der Waals surface area contributed by atoms with Crippen molar-refractivity contribution >= 4 is 37.8 Å². The molecular formula is C19H20Br2O3. The molecule has 0 aliphatic carbocycles. The van der Waals surface area contributed by atoms with Crippen molar-refractivity contribution in [2.75, 3.05) is 0 Å². The Morgan fingerprint density at radius 1 is 1.04 bits per heavy atom. The van der Waals surface area contributed by atoms with E-state index in [1.807, 2.05) is 63.2 Å². The maximum atomic E-state index is 12.1. The zero-order chi connectivity index (χ0) is 17.7. The van der Waals surface area contributed by atoms with E-state index in [9.17, 15) is 4.79 Å². The second kappa shape index (κ2) is 8.17. The van der Waals surface area contributed by atoms with Gasteiger partial charge in [0.1, 0.15) is 18.0 Å². The lowest BCUT2D eigenvalue weighted by Gasteiger charge is -2.20. The van der Waals surface area contributed by atoms with E-state index in [2.05, 4.69) is 31.9 Å². The minimum atomic E-state index is -0.491. The standard InChI is InChI=1S/C19H20Br2O3/c1-19(2,3)24-18(22)10-14-6-4-5-7-17(14)23-12-13-8-15(20)11-16(21)9-13/h4-9,11H,10,12H2,1-3H3. The van der Waals surface area contributed by atoms with Gasteiger partial charge >= 0.3 is 5.97 Å². The average Bonchev–Trinajstić information content (AvgIpc) is 2.43. The summed E-state index contributed by atoms with van der Waals surface area (Å²) in [4.78, 5) is 12.1. The summed E-state index contributed by atoms with van der Waals surface area (Å²) >= 11 is 6.94. The Morgan fingerprint density at radius 3 is 2.29 bits per heavy atom. The second-order valence-corrected chi connectivity index (χ2v) is 8.27. The van der Waals surface area contributed by atoms with E-state index in [1.54, 1.807) is 0 Å². The summed E-state index contributed by atoms with van der Waals surface area (Å²) in [5, 5.41) is 0. The molecule has 5 heteroatoms. The Bertz CT molecular complexity index is 701. The van der Waals surface area contributed by atoms with Crippen molar-refractivity contribution in [3.63, 3.8) is 0 Å².